The number of primary amides is 1. The molecule has 1 aliphatic heterocycles. The van der Waals surface area contributed by atoms with Crippen molar-refractivity contribution >= 4 is 23.2 Å². The molecule has 0 unspecified atom stereocenters. The lowest BCUT2D eigenvalue weighted by Crippen LogP contribution is -2.31. The highest BCUT2D eigenvalue weighted by molar-refractivity contribution is 6.04. The molecule has 0 aliphatic carbocycles. The molecule has 3 N–H and O–H groups in total. The number of piperidine rings is 1. The number of benzene rings is 1. The highest BCUT2D eigenvalue weighted by atomic mass is 16.3. The van der Waals surface area contributed by atoms with Crippen LogP contribution in [-0.4, -0.2) is 24.9 Å². The van der Waals surface area contributed by atoms with Crippen molar-refractivity contribution in [3.05, 3.63) is 47.4 Å². The van der Waals surface area contributed by atoms with Gasteiger partial charge in [-0.1, -0.05) is 6.92 Å². The summed E-state index contributed by atoms with van der Waals surface area (Å²) < 4.78 is 5.48. The molecule has 6 nitrogen and oxygen atoms in total. The standard InChI is InChI=1S/C19H23N3O3/c1-2-14-7-9-17(25-14)19(24)21-13-6-8-15(18(20)23)16(12-13)22-10-4-3-5-11-22/h6-9,12H,2-5,10-11H2,1H3,(H2,20,23)(H,21,24). The summed E-state index contributed by atoms with van der Waals surface area (Å²) in [5.74, 6) is 0.270. The van der Waals surface area contributed by atoms with Gasteiger partial charge in [-0.25, -0.2) is 0 Å². The molecule has 2 aromatic rings. The Morgan fingerprint density at radius 1 is 1.16 bits per heavy atom. The average Bonchev–Trinajstić information content (AvgIpc) is 3.11. The van der Waals surface area contributed by atoms with E-state index in [0.717, 1.165) is 43.8 Å². The van der Waals surface area contributed by atoms with Crippen LogP contribution >= 0.6 is 0 Å². The largest absolute Gasteiger partial charge is 0.456 e. The Hall–Kier alpha value is -2.76. The second-order valence-electron chi connectivity index (χ2n) is 6.22. The van der Waals surface area contributed by atoms with Crippen molar-refractivity contribution in [2.24, 2.45) is 5.73 Å². The Morgan fingerprint density at radius 3 is 2.56 bits per heavy atom. The van der Waals surface area contributed by atoms with Gasteiger partial charge in [0.15, 0.2) is 5.76 Å². The molecule has 0 bridgehead atoms. The highest BCUT2D eigenvalue weighted by Gasteiger charge is 2.19. The monoisotopic (exact) mass is 341 g/mol. The summed E-state index contributed by atoms with van der Waals surface area (Å²) in [7, 11) is 0. The highest BCUT2D eigenvalue weighted by Crippen LogP contribution is 2.28. The summed E-state index contributed by atoms with van der Waals surface area (Å²) in [6, 6.07) is 8.63. The van der Waals surface area contributed by atoms with Crippen LogP contribution in [0.2, 0.25) is 0 Å². The van der Waals surface area contributed by atoms with E-state index in [1.54, 1.807) is 24.3 Å². The van der Waals surface area contributed by atoms with E-state index in [9.17, 15) is 9.59 Å². The SMILES string of the molecule is CCc1ccc(C(=O)Nc2ccc(C(N)=O)c(N3CCCCC3)c2)o1. The average molecular weight is 341 g/mol. The lowest BCUT2D eigenvalue weighted by Gasteiger charge is -2.30. The third-order valence-electron chi connectivity index (χ3n) is 4.45. The van der Waals surface area contributed by atoms with Gasteiger partial charge >= 0.3 is 0 Å². The van der Waals surface area contributed by atoms with Crippen LogP contribution in [0.25, 0.3) is 0 Å². The number of carbonyl (C=O) groups is 2. The Balaban J connectivity index is 1.83. The number of anilines is 2. The first kappa shape index (κ1) is 17.1. The Bertz CT molecular complexity index is 776. The molecule has 0 saturated carbocycles. The molecule has 2 heterocycles. The van der Waals surface area contributed by atoms with Gasteiger partial charge in [-0.2, -0.15) is 0 Å². The van der Waals surface area contributed by atoms with E-state index < -0.39 is 5.91 Å². The van der Waals surface area contributed by atoms with Crippen molar-refractivity contribution in [2.75, 3.05) is 23.3 Å². The van der Waals surface area contributed by atoms with Gasteiger partial charge in [0.25, 0.3) is 11.8 Å². The first-order chi connectivity index (χ1) is 12.1. The summed E-state index contributed by atoms with van der Waals surface area (Å²) in [5.41, 5.74) is 7.38. The molecule has 1 fully saturated rings. The van der Waals surface area contributed by atoms with Crippen molar-refractivity contribution in [1.82, 2.24) is 0 Å². The maximum absolute atomic E-state index is 12.3. The Labute approximate surface area is 147 Å². The van der Waals surface area contributed by atoms with E-state index in [1.165, 1.54) is 6.42 Å². The number of furan rings is 1. The number of nitrogens with two attached hydrogens (primary N) is 1. The van der Waals surface area contributed by atoms with Crippen molar-refractivity contribution in [2.45, 2.75) is 32.6 Å². The van der Waals surface area contributed by atoms with E-state index in [1.807, 2.05) is 13.0 Å². The minimum atomic E-state index is -0.461. The van der Waals surface area contributed by atoms with Crippen LogP contribution in [0.3, 0.4) is 0 Å². The first-order valence-corrected chi connectivity index (χ1v) is 8.67. The van der Waals surface area contributed by atoms with Crippen LogP contribution in [0.1, 0.15) is 52.9 Å². The van der Waals surface area contributed by atoms with Gasteiger partial charge in [-0.3, -0.25) is 9.59 Å². The predicted molar refractivity (Wildman–Crippen MR) is 97.1 cm³/mol. The minimum absolute atomic E-state index is 0.273. The molecule has 0 spiro atoms. The number of nitrogens with zero attached hydrogens (tertiary/aromatic N) is 1. The molecule has 0 atom stereocenters. The van der Waals surface area contributed by atoms with Gasteiger partial charge in [-0.15, -0.1) is 0 Å². The van der Waals surface area contributed by atoms with Crippen molar-refractivity contribution in [3.8, 4) is 0 Å². The van der Waals surface area contributed by atoms with E-state index in [4.69, 9.17) is 10.2 Å². The number of hydrogen-bond donors (Lipinski definition) is 2. The molecule has 1 saturated heterocycles. The fraction of sp³-hybridized carbons (Fsp3) is 0.368. The lowest BCUT2D eigenvalue weighted by atomic mass is 10.1. The molecule has 3 rings (SSSR count). The van der Waals surface area contributed by atoms with Crippen LogP contribution in [0.5, 0.6) is 0 Å². The Morgan fingerprint density at radius 2 is 1.92 bits per heavy atom. The number of amides is 2. The lowest BCUT2D eigenvalue weighted by molar-refractivity contribution is 0.0990. The molecule has 25 heavy (non-hydrogen) atoms. The molecule has 1 aromatic heterocycles. The van der Waals surface area contributed by atoms with Crippen LogP contribution in [-0.2, 0) is 6.42 Å². The maximum atomic E-state index is 12.3. The fourth-order valence-corrected chi connectivity index (χ4v) is 3.10. The van der Waals surface area contributed by atoms with Gasteiger partial charge in [0.05, 0.1) is 11.3 Å². The second-order valence-corrected chi connectivity index (χ2v) is 6.22. The Kier molecular flexibility index (Phi) is 5.07. The minimum Gasteiger partial charge on any atom is -0.456 e. The zero-order chi connectivity index (χ0) is 17.8. The zero-order valence-electron chi connectivity index (χ0n) is 14.4. The summed E-state index contributed by atoms with van der Waals surface area (Å²) in [4.78, 5) is 26.2. The summed E-state index contributed by atoms with van der Waals surface area (Å²) >= 11 is 0. The smallest absolute Gasteiger partial charge is 0.291 e. The molecule has 1 aromatic carbocycles. The third-order valence-corrected chi connectivity index (χ3v) is 4.45. The van der Waals surface area contributed by atoms with Gasteiger partial charge in [0, 0.05) is 25.2 Å². The predicted octanol–water partition coefficient (Wildman–Crippen LogP) is 3.18. The van der Waals surface area contributed by atoms with E-state index in [0.29, 0.717) is 11.3 Å². The van der Waals surface area contributed by atoms with Gasteiger partial charge < -0.3 is 20.4 Å². The number of hydrogen-bond acceptors (Lipinski definition) is 4. The first-order valence-electron chi connectivity index (χ1n) is 8.67. The van der Waals surface area contributed by atoms with Crippen LogP contribution in [0.4, 0.5) is 11.4 Å². The van der Waals surface area contributed by atoms with E-state index >= 15 is 0 Å². The van der Waals surface area contributed by atoms with Crippen LogP contribution in [0.15, 0.2) is 34.7 Å². The number of carbonyl (C=O) groups excluding carboxylic acids is 2. The molecular formula is C19H23N3O3. The molecule has 2 amide bonds. The summed E-state index contributed by atoms with van der Waals surface area (Å²) in [6.07, 6.45) is 4.10. The molecule has 1 aliphatic rings. The quantitative estimate of drug-likeness (QED) is 0.874. The second kappa shape index (κ2) is 7.42. The van der Waals surface area contributed by atoms with E-state index in [2.05, 4.69) is 10.2 Å². The zero-order valence-corrected chi connectivity index (χ0v) is 14.4. The fourth-order valence-electron chi connectivity index (χ4n) is 3.10. The van der Waals surface area contributed by atoms with Crippen LogP contribution < -0.4 is 16.0 Å². The van der Waals surface area contributed by atoms with Crippen molar-refractivity contribution < 1.29 is 14.0 Å². The van der Waals surface area contributed by atoms with Gasteiger partial charge in [0.1, 0.15) is 5.76 Å². The summed E-state index contributed by atoms with van der Waals surface area (Å²) in [6.45, 7) is 3.74. The maximum Gasteiger partial charge on any atom is 0.291 e. The third kappa shape index (κ3) is 3.84. The number of aryl methyl sites for hydroxylation is 1. The molecule has 6 heteroatoms. The normalized spacial score (nSPS) is 14.4. The molecular weight excluding hydrogens is 318 g/mol. The number of rotatable bonds is 5. The van der Waals surface area contributed by atoms with Crippen molar-refractivity contribution in [3.63, 3.8) is 0 Å². The molecule has 0 radical (unpaired) electrons. The van der Waals surface area contributed by atoms with Gasteiger partial charge in [-0.05, 0) is 49.6 Å². The van der Waals surface area contributed by atoms with Crippen molar-refractivity contribution in [1.29, 1.82) is 0 Å². The van der Waals surface area contributed by atoms with Crippen LogP contribution in [0, 0.1) is 0 Å². The topological polar surface area (TPSA) is 88.6 Å². The number of nitrogens with one attached hydrogen (secondary N) is 1. The van der Waals surface area contributed by atoms with Gasteiger partial charge in [0.2, 0.25) is 0 Å². The molecule has 132 valence electrons. The van der Waals surface area contributed by atoms with E-state index in [-0.39, 0.29) is 11.7 Å². The summed E-state index contributed by atoms with van der Waals surface area (Å²) in [5, 5.41) is 2.83.